The van der Waals surface area contributed by atoms with Crippen LogP contribution in [0.2, 0.25) is 0 Å². The summed E-state index contributed by atoms with van der Waals surface area (Å²) in [5, 5.41) is 11.4. The Labute approximate surface area is 136 Å². The third kappa shape index (κ3) is 3.78. The minimum absolute atomic E-state index is 0.289. The van der Waals surface area contributed by atoms with E-state index in [-0.39, 0.29) is 5.91 Å². The molecule has 0 unspecified atom stereocenters. The number of nitrogens with zero attached hydrogens (tertiary/aromatic N) is 3. The molecule has 5 nitrogen and oxygen atoms in total. The van der Waals surface area contributed by atoms with Crippen molar-refractivity contribution in [3.05, 3.63) is 41.5 Å². The first kappa shape index (κ1) is 15.3. The van der Waals surface area contributed by atoms with Crippen LogP contribution in [0.25, 0.3) is 0 Å². The number of fused-ring (bicyclic) bond motifs is 1. The van der Waals surface area contributed by atoms with Crippen molar-refractivity contribution in [2.45, 2.75) is 45.6 Å². The quantitative estimate of drug-likeness (QED) is 0.887. The number of rotatable bonds is 3. The van der Waals surface area contributed by atoms with Gasteiger partial charge in [0.05, 0.1) is 0 Å². The normalized spacial score (nSPS) is 13.4. The molecule has 2 heterocycles. The van der Waals surface area contributed by atoms with Gasteiger partial charge in [0, 0.05) is 25.1 Å². The van der Waals surface area contributed by atoms with Gasteiger partial charge in [-0.05, 0) is 43.4 Å². The van der Waals surface area contributed by atoms with Gasteiger partial charge in [-0.2, -0.15) is 0 Å². The second-order valence-corrected chi connectivity index (χ2v) is 5.70. The lowest BCUT2D eigenvalue weighted by Gasteiger charge is -2.07. The monoisotopic (exact) mass is 308 g/mol. The van der Waals surface area contributed by atoms with E-state index in [4.69, 9.17) is 0 Å². The van der Waals surface area contributed by atoms with Crippen molar-refractivity contribution in [3.63, 3.8) is 0 Å². The van der Waals surface area contributed by atoms with E-state index < -0.39 is 0 Å². The maximum atomic E-state index is 11.4. The summed E-state index contributed by atoms with van der Waals surface area (Å²) in [6.45, 7) is 2.66. The highest BCUT2D eigenvalue weighted by molar-refractivity contribution is 6.03. The van der Waals surface area contributed by atoms with Crippen molar-refractivity contribution < 1.29 is 4.79 Å². The van der Waals surface area contributed by atoms with Crippen molar-refractivity contribution in [1.29, 1.82) is 0 Å². The third-order valence-corrected chi connectivity index (χ3v) is 4.00. The molecule has 0 saturated carbocycles. The number of carbonyl (C=O) groups excluding carboxylic acids is 1. The average Bonchev–Trinajstić information content (AvgIpc) is 2.77. The zero-order valence-electron chi connectivity index (χ0n) is 13.3. The number of aryl methyl sites for hydroxylation is 1. The summed E-state index contributed by atoms with van der Waals surface area (Å²) in [6, 6.07) is 7.80. The lowest BCUT2D eigenvalue weighted by atomic mass is 10.1. The van der Waals surface area contributed by atoms with E-state index in [1.54, 1.807) is 6.92 Å². The zero-order chi connectivity index (χ0) is 16.1. The molecule has 0 radical (unpaired) electrons. The Kier molecular flexibility index (Phi) is 4.72. The Hall–Kier alpha value is -2.61. The van der Waals surface area contributed by atoms with Crippen molar-refractivity contribution in [2.24, 2.45) is 0 Å². The van der Waals surface area contributed by atoms with Crippen LogP contribution < -0.4 is 5.32 Å². The number of hydrogen-bond donors (Lipinski definition) is 1. The number of anilines is 1. The van der Waals surface area contributed by atoms with Gasteiger partial charge in [0.15, 0.2) is 0 Å². The van der Waals surface area contributed by atoms with Gasteiger partial charge in [0.1, 0.15) is 11.6 Å². The van der Waals surface area contributed by atoms with Crippen LogP contribution in [-0.4, -0.2) is 20.7 Å². The SMILES string of the molecule is CC#CC(=O)Nc1ccc(Cc2nnc3n2CCCCC3)cc1. The Morgan fingerprint density at radius 2 is 2.04 bits per heavy atom. The van der Waals surface area contributed by atoms with Crippen LogP contribution in [0.15, 0.2) is 24.3 Å². The smallest absolute Gasteiger partial charge is 0.300 e. The molecule has 1 aromatic heterocycles. The highest BCUT2D eigenvalue weighted by Crippen LogP contribution is 2.17. The number of hydrogen-bond acceptors (Lipinski definition) is 3. The van der Waals surface area contributed by atoms with Crippen LogP contribution in [0.5, 0.6) is 0 Å². The number of aromatic nitrogens is 3. The first-order chi connectivity index (χ1) is 11.3. The molecule has 1 aliphatic rings. The van der Waals surface area contributed by atoms with Crippen molar-refractivity contribution in [3.8, 4) is 11.8 Å². The predicted octanol–water partition coefficient (Wildman–Crippen LogP) is 2.56. The molecule has 1 amide bonds. The van der Waals surface area contributed by atoms with Gasteiger partial charge >= 0.3 is 0 Å². The molecule has 3 rings (SSSR count). The van der Waals surface area contributed by atoms with Gasteiger partial charge in [0.25, 0.3) is 5.91 Å². The van der Waals surface area contributed by atoms with Gasteiger partial charge in [0.2, 0.25) is 0 Å². The number of benzene rings is 1. The molecule has 5 heteroatoms. The predicted molar refractivity (Wildman–Crippen MR) is 88.9 cm³/mol. The summed E-state index contributed by atoms with van der Waals surface area (Å²) in [4.78, 5) is 11.4. The standard InChI is InChI=1S/C18H20N4O/c1-2-6-18(23)19-15-10-8-14(9-11-15)13-17-21-20-16-7-4-3-5-12-22(16)17/h8-11H,3-5,7,12-13H2,1H3,(H,19,23). The van der Waals surface area contributed by atoms with E-state index >= 15 is 0 Å². The lowest BCUT2D eigenvalue weighted by Crippen LogP contribution is -2.08. The molecule has 1 aromatic carbocycles. The van der Waals surface area contributed by atoms with E-state index in [9.17, 15) is 4.79 Å². The molecule has 0 spiro atoms. The molecule has 1 N–H and O–H groups in total. The molecule has 2 aromatic rings. The van der Waals surface area contributed by atoms with Gasteiger partial charge in [-0.3, -0.25) is 4.79 Å². The third-order valence-electron chi connectivity index (χ3n) is 4.00. The fraction of sp³-hybridized carbons (Fsp3) is 0.389. The molecule has 0 fully saturated rings. The van der Waals surface area contributed by atoms with E-state index in [1.807, 2.05) is 24.3 Å². The highest BCUT2D eigenvalue weighted by Gasteiger charge is 2.14. The minimum atomic E-state index is -0.289. The first-order valence-corrected chi connectivity index (χ1v) is 8.00. The molecule has 0 bridgehead atoms. The van der Waals surface area contributed by atoms with E-state index in [1.165, 1.54) is 19.3 Å². The molecule has 23 heavy (non-hydrogen) atoms. The fourth-order valence-electron chi connectivity index (χ4n) is 2.84. The van der Waals surface area contributed by atoms with Crippen LogP contribution in [0.3, 0.4) is 0 Å². The second-order valence-electron chi connectivity index (χ2n) is 5.70. The fourth-order valence-corrected chi connectivity index (χ4v) is 2.84. The zero-order valence-corrected chi connectivity index (χ0v) is 13.3. The summed E-state index contributed by atoms with van der Waals surface area (Å²) in [6.07, 6.45) is 5.44. The van der Waals surface area contributed by atoms with E-state index in [0.717, 1.165) is 42.3 Å². The minimum Gasteiger partial charge on any atom is -0.315 e. The van der Waals surface area contributed by atoms with Crippen LogP contribution in [-0.2, 0) is 24.2 Å². The molecular weight excluding hydrogens is 288 g/mol. The Morgan fingerprint density at radius 1 is 1.22 bits per heavy atom. The van der Waals surface area contributed by atoms with Crippen molar-refractivity contribution in [2.75, 3.05) is 5.32 Å². The summed E-state index contributed by atoms with van der Waals surface area (Å²) >= 11 is 0. The van der Waals surface area contributed by atoms with Gasteiger partial charge in [-0.25, -0.2) is 0 Å². The van der Waals surface area contributed by atoms with Crippen LogP contribution in [0.4, 0.5) is 5.69 Å². The topological polar surface area (TPSA) is 59.8 Å². The Bertz CT molecular complexity index is 750. The molecule has 118 valence electrons. The largest absolute Gasteiger partial charge is 0.315 e. The van der Waals surface area contributed by atoms with Gasteiger partial charge in [-0.15, -0.1) is 10.2 Å². The number of amides is 1. The first-order valence-electron chi connectivity index (χ1n) is 8.00. The van der Waals surface area contributed by atoms with E-state index in [2.05, 4.69) is 31.9 Å². The summed E-state index contributed by atoms with van der Waals surface area (Å²) in [5.74, 6) is 6.89. The van der Waals surface area contributed by atoms with Crippen molar-refractivity contribution >= 4 is 11.6 Å². The lowest BCUT2D eigenvalue weighted by molar-refractivity contribution is -0.111. The maximum absolute atomic E-state index is 11.4. The second kappa shape index (κ2) is 7.10. The molecular formula is C18H20N4O. The van der Waals surface area contributed by atoms with Crippen LogP contribution >= 0.6 is 0 Å². The van der Waals surface area contributed by atoms with Crippen LogP contribution in [0.1, 0.15) is 43.4 Å². The summed E-state index contributed by atoms with van der Waals surface area (Å²) in [7, 11) is 0. The number of carbonyl (C=O) groups is 1. The number of nitrogens with one attached hydrogen (secondary N) is 1. The van der Waals surface area contributed by atoms with Crippen molar-refractivity contribution in [1.82, 2.24) is 14.8 Å². The van der Waals surface area contributed by atoms with Gasteiger partial charge in [-0.1, -0.05) is 24.5 Å². The average molecular weight is 308 g/mol. The Morgan fingerprint density at radius 3 is 2.83 bits per heavy atom. The van der Waals surface area contributed by atoms with Crippen LogP contribution in [0, 0.1) is 11.8 Å². The molecule has 0 aliphatic carbocycles. The Balaban J connectivity index is 1.70. The maximum Gasteiger partial charge on any atom is 0.300 e. The molecule has 0 saturated heterocycles. The summed E-state index contributed by atoms with van der Waals surface area (Å²) in [5.41, 5.74) is 1.91. The molecule has 0 atom stereocenters. The highest BCUT2D eigenvalue weighted by atomic mass is 16.1. The van der Waals surface area contributed by atoms with Gasteiger partial charge < -0.3 is 9.88 Å². The summed E-state index contributed by atoms with van der Waals surface area (Å²) < 4.78 is 2.26. The molecule has 1 aliphatic heterocycles. The van der Waals surface area contributed by atoms with E-state index in [0.29, 0.717) is 0 Å².